The molecular formula is C8H5ClN3O. The summed E-state index contributed by atoms with van der Waals surface area (Å²) in [6.07, 6.45) is 0. The summed E-state index contributed by atoms with van der Waals surface area (Å²) in [4.78, 5) is 10.9. The first kappa shape index (κ1) is 8.07. The fourth-order valence-electron chi connectivity index (χ4n) is 1.13. The van der Waals surface area contributed by atoms with Gasteiger partial charge in [-0.25, -0.2) is 4.79 Å². The topological polar surface area (TPSA) is 60.9 Å². The molecule has 1 radical (unpaired) electrons. The number of amides is 1. The molecule has 1 aromatic carbocycles. The normalized spacial score (nSPS) is 10.5. The van der Waals surface area contributed by atoms with Gasteiger partial charge in [-0.1, -0.05) is 17.7 Å². The summed E-state index contributed by atoms with van der Waals surface area (Å²) in [6.45, 7) is 0. The molecule has 13 heavy (non-hydrogen) atoms. The van der Waals surface area contributed by atoms with Crippen LogP contribution in [-0.2, 0) is 0 Å². The second-order valence-corrected chi connectivity index (χ2v) is 2.84. The number of carbonyl (C=O) groups excluding carboxylic acids is 1. The Bertz CT molecular complexity index is 477. The summed E-state index contributed by atoms with van der Waals surface area (Å²) in [5.74, 6) is 0. The molecule has 2 aromatic rings. The zero-order chi connectivity index (χ0) is 9.42. The number of hydrogen-bond acceptors (Lipinski definition) is 2. The highest BCUT2D eigenvalue weighted by Crippen LogP contribution is 2.21. The maximum absolute atomic E-state index is 10.9. The van der Waals surface area contributed by atoms with Crippen molar-refractivity contribution in [3.8, 4) is 0 Å². The molecule has 2 rings (SSSR count). The van der Waals surface area contributed by atoms with Crippen molar-refractivity contribution in [3.63, 3.8) is 0 Å². The van der Waals surface area contributed by atoms with Crippen molar-refractivity contribution in [2.75, 3.05) is 0 Å². The lowest BCUT2D eigenvalue weighted by Crippen LogP contribution is -2.20. The van der Waals surface area contributed by atoms with Gasteiger partial charge in [0.25, 0.3) is 0 Å². The number of hydrogen-bond donors (Lipinski definition) is 1. The van der Waals surface area contributed by atoms with Crippen molar-refractivity contribution >= 4 is 28.5 Å². The van der Waals surface area contributed by atoms with Crippen LogP contribution in [0.3, 0.4) is 0 Å². The Morgan fingerprint density at radius 1 is 1.69 bits per heavy atom. The Morgan fingerprint density at radius 3 is 3.15 bits per heavy atom. The average molecular weight is 195 g/mol. The third-order valence-corrected chi connectivity index (χ3v) is 1.97. The van der Waals surface area contributed by atoms with E-state index in [0.29, 0.717) is 10.9 Å². The minimum atomic E-state index is -0.656. The first-order valence-electron chi connectivity index (χ1n) is 3.54. The molecule has 0 bridgehead atoms. The van der Waals surface area contributed by atoms with Crippen molar-refractivity contribution < 1.29 is 4.79 Å². The van der Waals surface area contributed by atoms with Gasteiger partial charge in [-0.15, -0.1) is 0 Å². The molecule has 0 saturated heterocycles. The molecular weight excluding hydrogens is 190 g/mol. The molecule has 5 heteroatoms. The van der Waals surface area contributed by atoms with E-state index in [9.17, 15) is 4.79 Å². The van der Waals surface area contributed by atoms with Gasteiger partial charge in [0.05, 0.1) is 5.52 Å². The molecule has 0 aliphatic heterocycles. The number of aromatic nitrogens is 2. The fraction of sp³-hybridized carbons (Fsp3) is 0. The molecule has 0 atom stereocenters. The Labute approximate surface area is 78.9 Å². The van der Waals surface area contributed by atoms with Crippen molar-refractivity contribution in [1.82, 2.24) is 9.78 Å². The van der Waals surface area contributed by atoms with E-state index >= 15 is 0 Å². The van der Waals surface area contributed by atoms with Crippen LogP contribution in [-0.4, -0.2) is 15.8 Å². The first-order chi connectivity index (χ1) is 6.20. The number of carbonyl (C=O) groups is 1. The van der Waals surface area contributed by atoms with Crippen LogP contribution in [0.1, 0.15) is 0 Å². The number of fused-ring (bicyclic) bond motifs is 1. The smallest absolute Gasteiger partial charge is 0.340 e. The molecule has 0 aliphatic rings. The Morgan fingerprint density at radius 2 is 2.46 bits per heavy atom. The predicted octanol–water partition coefficient (Wildman–Crippen LogP) is 1.42. The van der Waals surface area contributed by atoms with Crippen molar-refractivity contribution in [2.24, 2.45) is 5.73 Å². The zero-order valence-corrected chi connectivity index (χ0v) is 7.25. The lowest BCUT2D eigenvalue weighted by atomic mass is 10.3. The van der Waals surface area contributed by atoms with Gasteiger partial charge >= 0.3 is 6.03 Å². The van der Waals surface area contributed by atoms with Crippen LogP contribution < -0.4 is 5.73 Å². The molecule has 0 saturated carbocycles. The number of rotatable bonds is 0. The number of nitrogens with two attached hydrogens (primary N) is 1. The summed E-state index contributed by atoms with van der Waals surface area (Å²) in [6, 6.07) is 7.19. The van der Waals surface area contributed by atoms with Gasteiger partial charge in [0.2, 0.25) is 0 Å². The zero-order valence-electron chi connectivity index (χ0n) is 6.49. The van der Waals surface area contributed by atoms with E-state index in [1.807, 2.05) is 0 Å². The molecule has 4 nitrogen and oxygen atoms in total. The summed E-state index contributed by atoms with van der Waals surface area (Å²) < 4.78 is 1.05. The first-order valence-corrected chi connectivity index (χ1v) is 3.92. The Balaban J connectivity index is 2.85. The average Bonchev–Trinajstić information content (AvgIpc) is 2.45. The minimum absolute atomic E-state index is 0.266. The van der Waals surface area contributed by atoms with Gasteiger partial charge in [0.1, 0.15) is 0 Å². The summed E-state index contributed by atoms with van der Waals surface area (Å²) >= 11 is 5.77. The fourth-order valence-corrected chi connectivity index (χ4v) is 1.37. The maximum atomic E-state index is 10.9. The van der Waals surface area contributed by atoms with Crippen LogP contribution in [0.15, 0.2) is 18.2 Å². The van der Waals surface area contributed by atoms with Crippen LogP contribution >= 0.6 is 11.6 Å². The van der Waals surface area contributed by atoms with E-state index in [1.54, 1.807) is 18.2 Å². The molecule has 0 fully saturated rings. The van der Waals surface area contributed by atoms with E-state index in [2.05, 4.69) is 11.2 Å². The van der Waals surface area contributed by atoms with Gasteiger partial charge < -0.3 is 5.73 Å². The lowest BCUT2D eigenvalue weighted by Gasteiger charge is -1.93. The standard InChI is InChI=1S/C8H5ClN3O/c9-7-5-3-1-2-4-6(5)12(11-7)8(10)13/h1,3-4H,(H2,10,13). The van der Waals surface area contributed by atoms with Crippen LogP contribution in [0.4, 0.5) is 4.79 Å². The van der Waals surface area contributed by atoms with E-state index in [-0.39, 0.29) is 5.15 Å². The van der Waals surface area contributed by atoms with Gasteiger partial charge in [0, 0.05) is 5.39 Å². The molecule has 1 aromatic heterocycles. The van der Waals surface area contributed by atoms with Crippen LogP contribution in [0.5, 0.6) is 0 Å². The molecule has 1 amide bonds. The van der Waals surface area contributed by atoms with Gasteiger partial charge in [0.15, 0.2) is 5.15 Å². The van der Waals surface area contributed by atoms with E-state index in [1.165, 1.54) is 0 Å². The predicted molar refractivity (Wildman–Crippen MR) is 48.6 cm³/mol. The quantitative estimate of drug-likeness (QED) is 0.690. The maximum Gasteiger partial charge on any atom is 0.340 e. The van der Waals surface area contributed by atoms with Crippen LogP contribution in [0.25, 0.3) is 10.9 Å². The number of nitrogens with zero attached hydrogens (tertiary/aromatic N) is 2. The molecule has 1 heterocycles. The van der Waals surface area contributed by atoms with Crippen molar-refractivity contribution in [3.05, 3.63) is 29.4 Å². The minimum Gasteiger partial charge on any atom is -0.350 e. The number of halogens is 1. The van der Waals surface area contributed by atoms with Crippen LogP contribution in [0.2, 0.25) is 5.15 Å². The third-order valence-electron chi connectivity index (χ3n) is 1.69. The lowest BCUT2D eigenvalue weighted by molar-refractivity contribution is 0.248. The SMILES string of the molecule is NC(=O)n1nc(Cl)c2cc[c]cc21. The molecule has 65 valence electrons. The van der Waals surface area contributed by atoms with E-state index in [0.717, 1.165) is 4.68 Å². The highest BCUT2D eigenvalue weighted by Gasteiger charge is 2.10. The van der Waals surface area contributed by atoms with Crippen molar-refractivity contribution in [1.29, 1.82) is 0 Å². The third kappa shape index (κ3) is 1.15. The molecule has 0 spiro atoms. The largest absolute Gasteiger partial charge is 0.350 e. The second kappa shape index (κ2) is 2.74. The van der Waals surface area contributed by atoms with Crippen LogP contribution in [0, 0.1) is 6.07 Å². The molecule has 2 N–H and O–H groups in total. The van der Waals surface area contributed by atoms with E-state index < -0.39 is 6.03 Å². The summed E-state index contributed by atoms with van der Waals surface area (Å²) in [7, 11) is 0. The monoisotopic (exact) mass is 194 g/mol. The number of benzene rings is 1. The van der Waals surface area contributed by atoms with Gasteiger partial charge in [-0.2, -0.15) is 9.78 Å². The number of primary amides is 1. The molecule has 0 aliphatic carbocycles. The molecule has 0 unspecified atom stereocenters. The second-order valence-electron chi connectivity index (χ2n) is 2.48. The van der Waals surface area contributed by atoms with Gasteiger partial charge in [-0.05, 0) is 18.2 Å². The highest BCUT2D eigenvalue weighted by molar-refractivity contribution is 6.34. The summed E-state index contributed by atoms with van der Waals surface area (Å²) in [5.41, 5.74) is 5.65. The van der Waals surface area contributed by atoms with E-state index in [4.69, 9.17) is 17.3 Å². The highest BCUT2D eigenvalue weighted by atomic mass is 35.5. The van der Waals surface area contributed by atoms with Gasteiger partial charge in [-0.3, -0.25) is 0 Å². The van der Waals surface area contributed by atoms with Crippen molar-refractivity contribution in [2.45, 2.75) is 0 Å². The Hall–Kier alpha value is -1.55. The Kier molecular flexibility index (Phi) is 1.70. The summed E-state index contributed by atoms with van der Waals surface area (Å²) in [5, 5.41) is 4.74.